The van der Waals surface area contributed by atoms with Crippen molar-refractivity contribution >= 4 is 17.3 Å². The first-order chi connectivity index (χ1) is 12.2. The number of nitrogens with zero attached hydrogens (tertiary/aromatic N) is 2. The Labute approximate surface area is 149 Å². The second kappa shape index (κ2) is 8.01. The van der Waals surface area contributed by atoms with Gasteiger partial charge in [0.2, 0.25) is 5.91 Å². The molecule has 6 nitrogen and oxygen atoms in total. The molecule has 0 saturated carbocycles. The first-order valence-corrected chi connectivity index (χ1v) is 7.89. The van der Waals surface area contributed by atoms with Gasteiger partial charge in [0.15, 0.2) is 11.6 Å². The fourth-order valence-corrected chi connectivity index (χ4v) is 2.44. The summed E-state index contributed by atoms with van der Waals surface area (Å²) in [4.78, 5) is 24.2. The minimum atomic E-state index is -0.945. The predicted molar refractivity (Wildman–Crippen MR) is 93.9 cm³/mol. The summed E-state index contributed by atoms with van der Waals surface area (Å²) in [5, 5.41) is 13.5. The summed E-state index contributed by atoms with van der Waals surface area (Å²) in [6.07, 6.45) is 0. The van der Waals surface area contributed by atoms with Crippen LogP contribution in [0.25, 0.3) is 0 Å². The molecule has 0 unspecified atom stereocenters. The van der Waals surface area contributed by atoms with Crippen LogP contribution in [0.3, 0.4) is 0 Å². The van der Waals surface area contributed by atoms with Crippen LogP contribution in [0.2, 0.25) is 0 Å². The lowest BCUT2D eigenvalue weighted by Gasteiger charge is -2.24. The van der Waals surface area contributed by atoms with Crippen LogP contribution in [-0.4, -0.2) is 29.3 Å². The molecule has 138 valence electrons. The molecule has 0 aliphatic heterocycles. The number of hydrogen-bond donors (Lipinski definition) is 1. The molecule has 0 bridgehead atoms. The molecule has 0 spiro atoms. The Morgan fingerprint density at radius 2 is 1.92 bits per heavy atom. The van der Waals surface area contributed by atoms with Gasteiger partial charge in [0.05, 0.1) is 17.2 Å². The molecule has 1 atom stereocenters. The van der Waals surface area contributed by atoms with Crippen molar-refractivity contribution in [1.82, 2.24) is 4.90 Å². The highest BCUT2D eigenvalue weighted by molar-refractivity contribution is 5.93. The zero-order valence-corrected chi connectivity index (χ0v) is 14.6. The molecule has 0 fully saturated rings. The fraction of sp³-hybridized carbons (Fsp3) is 0.278. The molecule has 0 aliphatic carbocycles. The molecule has 0 heterocycles. The van der Waals surface area contributed by atoms with Gasteiger partial charge in [0.1, 0.15) is 0 Å². The number of nitro benzene ring substituents is 1. The molecular formula is C18H19F2N3O3. The second-order valence-electron chi connectivity index (χ2n) is 6.07. The van der Waals surface area contributed by atoms with Crippen LogP contribution < -0.4 is 5.32 Å². The van der Waals surface area contributed by atoms with Crippen LogP contribution in [0.4, 0.5) is 20.2 Å². The van der Waals surface area contributed by atoms with Crippen molar-refractivity contribution in [1.29, 1.82) is 0 Å². The number of benzene rings is 2. The maximum absolute atomic E-state index is 13.4. The number of nitro groups is 1. The third-order valence-electron chi connectivity index (χ3n) is 4.19. The van der Waals surface area contributed by atoms with Gasteiger partial charge in [-0.2, -0.15) is 0 Å². The fourth-order valence-electron chi connectivity index (χ4n) is 2.44. The summed E-state index contributed by atoms with van der Waals surface area (Å²) < 4.78 is 26.4. The van der Waals surface area contributed by atoms with E-state index >= 15 is 0 Å². The van der Waals surface area contributed by atoms with E-state index in [2.05, 4.69) is 5.32 Å². The van der Waals surface area contributed by atoms with E-state index in [4.69, 9.17) is 0 Å². The lowest BCUT2D eigenvalue weighted by molar-refractivity contribution is -0.384. The number of aryl methyl sites for hydroxylation is 1. The van der Waals surface area contributed by atoms with E-state index < -0.39 is 16.6 Å². The zero-order chi connectivity index (χ0) is 19.4. The summed E-state index contributed by atoms with van der Waals surface area (Å²) in [5.74, 6) is -2.24. The van der Waals surface area contributed by atoms with Gasteiger partial charge in [-0.05, 0) is 44.2 Å². The van der Waals surface area contributed by atoms with Crippen LogP contribution in [0.5, 0.6) is 0 Å². The van der Waals surface area contributed by atoms with Crippen molar-refractivity contribution in [2.75, 3.05) is 18.9 Å². The van der Waals surface area contributed by atoms with E-state index in [1.807, 2.05) is 0 Å². The molecule has 2 aromatic carbocycles. The van der Waals surface area contributed by atoms with Gasteiger partial charge in [-0.15, -0.1) is 0 Å². The van der Waals surface area contributed by atoms with Crippen LogP contribution in [0, 0.1) is 28.7 Å². The van der Waals surface area contributed by atoms with Crippen LogP contribution in [-0.2, 0) is 4.79 Å². The highest BCUT2D eigenvalue weighted by Gasteiger charge is 2.18. The number of carbonyl (C=O) groups is 1. The first-order valence-electron chi connectivity index (χ1n) is 7.89. The molecule has 0 aromatic heterocycles. The Morgan fingerprint density at radius 1 is 1.23 bits per heavy atom. The van der Waals surface area contributed by atoms with E-state index in [1.165, 1.54) is 18.2 Å². The molecule has 2 aromatic rings. The average Bonchev–Trinajstić information content (AvgIpc) is 2.58. The van der Waals surface area contributed by atoms with E-state index in [-0.39, 0.29) is 24.2 Å². The van der Waals surface area contributed by atoms with E-state index in [1.54, 1.807) is 31.9 Å². The van der Waals surface area contributed by atoms with Gasteiger partial charge in [0, 0.05) is 18.2 Å². The molecular weight excluding hydrogens is 344 g/mol. The number of likely N-dealkylation sites (N-methyl/N-ethyl adjacent to an activating group) is 1. The molecule has 0 aliphatic rings. The minimum absolute atomic E-state index is 0.0255. The number of non-ortho nitro benzene ring substituents is 1. The smallest absolute Gasteiger partial charge is 0.271 e. The Morgan fingerprint density at radius 3 is 2.54 bits per heavy atom. The lowest BCUT2D eigenvalue weighted by atomic mass is 10.1. The highest BCUT2D eigenvalue weighted by atomic mass is 19.2. The summed E-state index contributed by atoms with van der Waals surface area (Å²) in [6.45, 7) is 3.47. The Balaban J connectivity index is 2.06. The molecule has 0 radical (unpaired) electrons. The van der Waals surface area contributed by atoms with Crippen molar-refractivity contribution in [3.05, 3.63) is 69.3 Å². The van der Waals surface area contributed by atoms with Crippen LogP contribution in [0.15, 0.2) is 36.4 Å². The molecule has 0 saturated heterocycles. The number of rotatable bonds is 6. The summed E-state index contributed by atoms with van der Waals surface area (Å²) in [7, 11) is 1.67. The van der Waals surface area contributed by atoms with Crippen LogP contribution in [0.1, 0.15) is 24.1 Å². The SMILES string of the molecule is Cc1ccc([N+](=O)[O-])cc1NC(=O)CN(C)[C@@H](C)c1ccc(F)c(F)c1. The molecule has 26 heavy (non-hydrogen) atoms. The zero-order valence-electron chi connectivity index (χ0n) is 14.6. The topological polar surface area (TPSA) is 75.5 Å². The summed E-state index contributed by atoms with van der Waals surface area (Å²) in [5.41, 5.74) is 1.47. The maximum atomic E-state index is 13.4. The van der Waals surface area contributed by atoms with Crippen molar-refractivity contribution < 1.29 is 18.5 Å². The number of anilines is 1. The number of hydrogen-bond acceptors (Lipinski definition) is 4. The monoisotopic (exact) mass is 363 g/mol. The van der Waals surface area contributed by atoms with Gasteiger partial charge in [0.25, 0.3) is 5.69 Å². The molecule has 2 rings (SSSR count). The van der Waals surface area contributed by atoms with E-state index in [9.17, 15) is 23.7 Å². The van der Waals surface area contributed by atoms with Crippen molar-refractivity contribution in [3.8, 4) is 0 Å². The van der Waals surface area contributed by atoms with Crippen LogP contribution >= 0.6 is 0 Å². The van der Waals surface area contributed by atoms with E-state index in [0.717, 1.165) is 12.1 Å². The summed E-state index contributed by atoms with van der Waals surface area (Å²) >= 11 is 0. The average molecular weight is 363 g/mol. The number of nitrogens with one attached hydrogen (secondary N) is 1. The first kappa shape index (κ1) is 19.5. The Hall–Kier alpha value is -2.87. The van der Waals surface area contributed by atoms with Gasteiger partial charge >= 0.3 is 0 Å². The Kier molecular flexibility index (Phi) is 5.99. The lowest BCUT2D eigenvalue weighted by Crippen LogP contribution is -2.32. The minimum Gasteiger partial charge on any atom is -0.324 e. The predicted octanol–water partition coefficient (Wildman–Crippen LogP) is 3.81. The highest BCUT2D eigenvalue weighted by Crippen LogP contribution is 2.23. The molecule has 1 N–H and O–H groups in total. The standard InChI is InChI=1S/C18H19F2N3O3/c1-11-4-6-14(23(25)26)9-17(11)21-18(24)10-22(3)12(2)13-5-7-15(19)16(20)8-13/h4-9,12H,10H2,1-3H3,(H,21,24)/t12-/m0/s1. The number of halogens is 2. The Bertz CT molecular complexity index is 842. The summed E-state index contributed by atoms with van der Waals surface area (Å²) in [6, 6.07) is 7.49. The maximum Gasteiger partial charge on any atom is 0.271 e. The van der Waals surface area contributed by atoms with E-state index in [0.29, 0.717) is 16.8 Å². The van der Waals surface area contributed by atoms with Gasteiger partial charge in [-0.3, -0.25) is 19.8 Å². The molecule has 1 amide bonds. The van der Waals surface area contributed by atoms with Gasteiger partial charge in [-0.1, -0.05) is 12.1 Å². The third kappa shape index (κ3) is 4.60. The number of amides is 1. The number of carbonyl (C=O) groups excluding carboxylic acids is 1. The largest absolute Gasteiger partial charge is 0.324 e. The quantitative estimate of drug-likeness (QED) is 0.625. The van der Waals surface area contributed by atoms with Gasteiger partial charge in [-0.25, -0.2) is 8.78 Å². The van der Waals surface area contributed by atoms with Crippen molar-refractivity contribution in [3.63, 3.8) is 0 Å². The van der Waals surface area contributed by atoms with Gasteiger partial charge < -0.3 is 5.32 Å². The van der Waals surface area contributed by atoms with Crippen molar-refractivity contribution in [2.45, 2.75) is 19.9 Å². The second-order valence-corrected chi connectivity index (χ2v) is 6.07. The normalized spacial score (nSPS) is 12.1. The molecule has 8 heteroatoms. The van der Waals surface area contributed by atoms with Crippen molar-refractivity contribution in [2.24, 2.45) is 0 Å². The third-order valence-corrected chi connectivity index (χ3v) is 4.19.